The minimum Gasteiger partial charge on any atom is -0.199 e. The van der Waals surface area contributed by atoms with Crippen LogP contribution in [0.3, 0.4) is 0 Å². The summed E-state index contributed by atoms with van der Waals surface area (Å²) in [6, 6.07) is 0. The molecule has 8 heteroatoms. The molecule has 0 aliphatic heterocycles. The van der Waals surface area contributed by atoms with Gasteiger partial charge in [0, 0.05) is 11.2 Å². The lowest BCUT2D eigenvalue weighted by Gasteiger charge is -2.13. The lowest BCUT2D eigenvalue weighted by Crippen LogP contribution is -2.27. The molecule has 0 rings (SSSR count). The molecule has 0 fully saturated rings. The quantitative estimate of drug-likeness (QED) is 0.652. The second-order valence-electron chi connectivity index (χ2n) is 1.37. The number of hydrogen-bond acceptors (Lipinski definition) is 0. The summed E-state index contributed by atoms with van der Waals surface area (Å²) in [6.07, 6.45) is 0. The van der Waals surface area contributed by atoms with Crippen LogP contribution in [0.2, 0.25) is 0 Å². The van der Waals surface area contributed by atoms with Gasteiger partial charge >= 0.3 is 9.97 Å². The zero-order chi connectivity index (χ0) is 10.4. The third-order valence-electron chi connectivity index (χ3n) is 0.393. The van der Waals surface area contributed by atoms with E-state index in [1.807, 2.05) is 0 Å². The van der Waals surface area contributed by atoms with Crippen molar-refractivity contribution >= 4 is 62.3 Å². The molecule has 0 spiro atoms. The first-order valence-electron chi connectivity index (χ1n) is 2.42. The van der Waals surface area contributed by atoms with Crippen molar-refractivity contribution in [3.63, 3.8) is 0 Å². The third kappa shape index (κ3) is 9.52. The van der Waals surface area contributed by atoms with Gasteiger partial charge in [-0.1, -0.05) is 39.1 Å². The number of rotatable bonds is 2. The van der Waals surface area contributed by atoms with Gasteiger partial charge in [0.05, 0.1) is 0 Å². The average molecular weight is 331 g/mol. The summed E-state index contributed by atoms with van der Waals surface area (Å²) in [4.78, 5) is 0. The predicted molar refractivity (Wildman–Crippen MR) is 50.9 cm³/mol. The van der Waals surface area contributed by atoms with Gasteiger partial charge in [0.2, 0.25) is 0 Å². The van der Waals surface area contributed by atoms with E-state index in [0.717, 1.165) is 5.33 Å². The molecule has 0 amide bonds. The summed E-state index contributed by atoms with van der Waals surface area (Å²) in [6.45, 7) is 0. The van der Waals surface area contributed by atoms with E-state index in [-0.39, 0.29) is 0 Å². The molecule has 0 nitrogen and oxygen atoms in total. The molecule has 12 heavy (non-hydrogen) atoms. The highest BCUT2D eigenvalue weighted by Gasteiger charge is 2.51. The highest BCUT2D eigenvalue weighted by atomic mass is 79.9. The van der Waals surface area contributed by atoms with Crippen molar-refractivity contribution in [3.8, 4) is 0 Å². The predicted octanol–water partition coefficient (Wildman–Crippen LogP) is 4.54. The maximum absolute atomic E-state index is 11.5. The van der Waals surface area contributed by atoms with E-state index in [2.05, 4.69) is 50.7 Å². The maximum Gasteiger partial charge on any atom is 0.383 e. The number of hydrogen-bond donors (Lipinski definition) is 0. The molecule has 0 aliphatic carbocycles. The van der Waals surface area contributed by atoms with Crippen LogP contribution in [0.4, 0.5) is 13.2 Å². The Bertz CT molecular complexity index is 95.9. The molecular weight excluding hydrogens is 327 g/mol. The topological polar surface area (TPSA) is 0 Å². The summed E-state index contributed by atoms with van der Waals surface area (Å²) in [5.74, 6) is 0.708. The molecule has 0 aromatic heterocycles. The third-order valence-corrected chi connectivity index (χ3v) is 2.36. The second kappa shape index (κ2) is 6.82. The minimum absolute atomic E-state index is 0.708. The normalized spacial score (nSPS) is 12.0. The summed E-state index contributed by atoms with van der Waals surface area (Å²) < 4.78 is 30.6. The summed E-state index contributed by atoms with van der Waals surface area (Å²) >= 11 is 20.7. The smallest absolute Gasteiger partial charge is 0.199 e. The molecule has 0 unspecified atom stereocenters. The van der Waals surface area contributed by atoms with E-state index in [9.17, 15) is 13.2 Å². The first-order chi connectivity index (χ1) is 5.16. The first-order valence-corrected chi connectivity index (χ1v) is 5.21. The molecule has 0 bridgehead atoms. The monoisotopic (exact) mass is 328 g/mol. The Labute approximate surface area is 96.4 Å². The van der Waals surface area contributed by atoms with E-state index >= 15 is 0 Å². The molecule has 0 saturated heterocycles. The van der Waals surface area contributed by atoms with Crippen LogP contribution in [0.15, 0.2) is 0 Å². The molecule has 0 aromatic carbocycles. The van der Waals surface area contributed by atoms with Crippen molar-refractivity contribution in [1.82, 2.24) is 0 Å². The Morgan fingerprint density at radius 2 is 1.25 bits per heavy atom. The van der Waals surface area contributed by atoms with Crippen LogP contribution in [0.1, 0.15) is 0 Å². The van der Waals surface area contributed by atoms with Gasteiger partial charge in [0.15, 0.2) is 0 Å². The second-order valence-corrected chi connectivity index (χ2v) is 4.25. The Morgan fingerprint density at radius 1 is 1.08 bits per heavy atom. The highest BCUT2D eigenvalue weighted by Crippen LogP contribution is 2.42. The van der Waals surface area contributed by atoms with Gasteiger partial charge in [0.25, 0.3) is 0 Å². The van der Waals surface area contributed by atoms with Crippen molar-refractivity contribution in [1.29, 1.82) is 0 Å². The fourth-order valence-electron chi connectivity index (χ4n) is 0. The van der Waals surface area contributed by atoms with Gasteiger partial charge in [-0.3, -0.25) is 0 Å². The van der Waals surface area contributed by atoms with Crippen molar-refractivity contribution < 1.29 is 13.2 Å². The number of halogens is 8. The summed E-state index contributed by atoms with van der Waals surface area (Å²) in [5.41, 5.74) is 0. The Kier molecular flexibility index (Phi) is 9.03. The molecule has 0 heterocycles. The summed E-state index contributed by atoms with van der Waals surface area (Å²) in [7, 11) is 0. The zero-order valence-electron chi connectivity index (χ0n) is 5.44. The molecule has 0 radical (unpaired) electrons. The van der Waals surface area contributed by atoms with Crippen LogP contribution >= 0.6 is 62.3 Å². The van der Waals surface area contributed by atoms with Crippen LogP contribution in [-0.2, 0) is 0 Å². The van der Waals surface area contributed by atoms with E-state index in [1.54, 1.807) is 0 Å². The van der Waals surface area contributed by atoms with Gasteiger partial charge in [-0.2, -0.15) is 13.2 Å². The lowest BCUT2D eigenvalue weighted by molar-refractivity contribution is 0.0241. The van der Waals surface area contributed by atoms with Crippen molar-refractivity contribution in [2.24, 2.45) is 0 Å². The Balaban J connectivity index is 0. The molecule has 0 saturated carbocycles. The largest absolute Gasteiger partial charge is 0.383 e. The van der Waals surface area contributed by atoms with Crippen LogP contribution in [0, 0.1) is 0 Å². The fraction of sp³-hybridized carbons (Fsp3) is 1.00. The van der Waals surface area contributed by atoms with Gasteiger partial charge in [-0.25, -0.2) is 0 Å². The van der Waals surface area contributed by atoms with Crippen LogP contribution < -0.4 is 0 Å². The Hall–Kier alpha value is 1.43. The fourth-order valence-corrected chi connectivity index (χ4v) is 0. The van der Waals surface area contributed by atoms with E-state index in [4.69, 9.17) is 11.6 Å². The standard InChI is InChI=1S/C2H4BrCl.C2Cl3F3/c3-1-2-4;3-1(4,6)2(5,7)8/h1-2H2;. The van der Waals surface area contributed by atoms with Gasteiger partial charge < -0.3 is 0 Å². The van der Waals surface area contributed by atoms with Gasteiger partial charge in [-0.15, -0.1) is 11.6 Å². The van der Waals surface area contributed by atoms with Crippen molar-refractivity contribution in [2.75, 3.05) is 11.2 Å². The molecule has 0 atom stereocenters. The van der Waals surface area contributed by atoms with E-state index in [1.165, 1.54) is 0 Å². The Morgan fingerprint density at radius 3 is 1.25 bits per heavy atom. The molecule has 0 aromatic rings. The molecule has 0 N–H and O–H groups in total. The summed E-state index contributed by atoms with van der Waals surface area (Å²) in [5, 5.41) is -3.33. The van der Waals surface area contributed by atoms with Gasteiger partial charge in [-0.05, 0) is 11.6 Å². The molecule has 0 aliphatic rings. The maximum atomic E-state index is 11.5. The van der Waals surface area contributed by atoms with E-state index < -0.39 is 9.97 Å². The SMILES string of the molecule is ClCCBr.FC(F)(Cl)C(F)(Cl)Cl. The number of alkyl halides is 8. The van der Waals surface area contributed by atoms with E-state index in [0.29, 0.717) is 5.88 Å². The molecule has 76 valence electrons. The average Bonchev–Trinajstić information content (AvgIpc) is 1.84. The van der Waals surface area contributed by atoms with Crippen molar-refractivity contribution in [2.45, 2.75) is 9.97 Å². The first kappa shape index (κ1) is 15.9. The minimum atomic E-state index is -4.23. The molecular formula is C4H4BrCl4F3. The van der Waals surface area contributed by atoms with Crippen LogP contribution in [0.25, 0.3) is 0 Å². The van der Waals surface area contributed by atoms with Crippen LogP contribution in [-0.4, -0.2) is 21.2 Å². The highest BCUT2D eigenvalue weighted by molar-refractivity contribution is 9.09. The van der Waals surface area contributed by atoms with Crippen LogP contribution in [0.5, 0.6) is 0 Å². The lowest BCUT2D eigenvalue weighted by atomic mass is 10.8. The van der Waals surface area contributed by atoms with Gasteiger partial charge in [0.1, 0.15) is 0 Å². The van der Waals surface area contributed by atoms with Crippen molar-refractivity contribution in [3.05, 3.63) is 0 Å². The zero-order valence-corrected chi connectivity index (χ0v) is 10.0.